The van der Waals surface area contributed by atoms with Gasteiger partial charge in [-0.1, -0.05) is 23.7 Å². The van der Waals surface area contributed by atoms with E-state index in [-0.39, 0.29) is 26.9 Å². The van der Waals surface area contributed by atoms with Crippen molar-refractivity contribution in [3.63, 3.8) is 0 Å². The van der Waals surface area contributed by atoms with Gasteiger partial charge in [0, 0.05) is 35.5 Å². The molecule has 146 valence electrons. The number of nitrogens with zero attached hydrogens (tertiary/aromatic N) is 2. The summed E-state index contributed by atoms with van der Waals surface area (Å²) in [5.41, 5.74) is 0.0519. The van der Waals surface area contributed by atoms with Crippen LogP contribution >= 0.6 is 11.6 Å². The molecule has 2 heterocycles. The monoisotopic (exact) mass is 426 g/mol. The molecule has 0 atom stereocenters. The third kappa shape index (κ3) is 4.18. The van der Waals surface area contributed by atoms with Gasteiger partial charge >= 0.3 is 6.18 Å². The Bertz CT molecular complexity index is 1140. The first-order valence-corrected chi connectivity index (χ1v) is 10.2. The molecule has 3 aromatic rings. The summed E-state index contributed by atoms with van der Waals surface area (Å²) in [5, 5.41) is 0.236. The van der Waals surface area contributed by atoms with Gasteiger partial charge in [-0.05, 0) is 36.8 Å². The topological polar surface area (TPSA) is 59.9 Å². The smallest absolute Gasteiger partial charge is 0.261 e. The van der Waals surface area contributed by atoms with Crippen LogP contribution in [0.2, 0.25) is 5.02 Å². The number of aromatic nitrogens is 2. The van der Waals surface area contributed by atoms with Gasteiger partial charge in [-0.15, -0.1) is 0 Å². The van der Waals surface area contributed by atoms with Gasteiger partial charge in [0.25, 0.3) is 0 Å². The highest BCUT2D eigenvalue weighted by Gasteiger charge is 2.35. The minimum absolute atomic E-state index is 0.0522. The molecule has 0 spiro atoms. The van der Waals surface area contributed by atoms with Gasteiger partial charge in [0.2, 0.25) is 0 Å². The Balaban J connectivity index is 2.24. The van der Waals surface area contributed by atoms with Gasteiger partial charge in [-0.2, -0.15) is 13.2 Å². The molecule has 0 aliphatic carbocycles. The average Bonchev–Trinajstić information content (AvgIpc) is 2.60. The van der Waals surface area contributed by atoms with Crippen LogP contribution in [0.3, 0.4) is 0 Å². The number of pyridine rings is 2. The maximum absolute atomic E-state index is 13.6. The van der Waals surface area contributed by atoms with Crippen LogP contribution in [0.15, 0.2) is 53.7 Å². The first-order chi connectivity index (χ1) is 13.0. The summed E-state index contributed by atoms with van der Waals surface area (Å²) in [6.07, 6.45) is -1.14. The zero-order valence-corrected chi connectivity index (χ0v) is 16.3. The van der Waals surface area contributed by atoms with Crippen molar-refractivity contribution in [2.24, 2.45) is 0 Å². The van der Waals surface area contributed by atoms with E-state index in [1.165, 1.54) is 43.5 Å². The second kappa shape index (κ2) is 7.18. The highest BCUT2D eigenvalue weighted by atomic mass is 35.5. The summed E-state index contributed by atoms with van der Waals surface area (Å²) in [5.74, 6) is 0. The van der Waals surface area contributed by atoms with Gasteiger partial charge < -0.3 is 0 Å². The second-order valence-electron chi connectivity index (χ2n) is 6.22. The predicted molar refractivity (Wildman–Crippen MR) is 101 cm³/mol. The molecule has 0 N–H and O–H groups in total. The van der Waals surface area contributed by atoms with E-state index in [0.717, 1.165) is 18.5 Å². The molecule has 9 heteroatoms. The minimum Gasteiger partial charge on any atom is -0.261 e. The minimum atomic E-state index is -4.60. The standard InChI is InChI=1S/C19H14ClF3N2O2S/c1-11-7-17(19(21,22)23)16(10-24-11)18-15(8-13(20)9-25-18)12-3-5-14(6-4-12)28(2,26)27/h3-10H,1-2H3. The van der Waals surface area contributed by atoms with E-state index >= 15 is 0 Å². The molecule has 4 nitrogen and oxygen atoms in total. The van der Waals surface area contributed by atoms with Gasteiger partial charge in [-0.3, -0.25) is 9.97 Å². The van der Waals surface area contributed by atoms with Crippen LogP contribution in [0, 0.1) is 6.92 Å². The van der Waals surface area contributed by atoms with Crippen LogP contribution in [-0.2, 0) is 16.0 Å². The summed E-state index contributed by atoms with van der Waals surface area (Å²) in [6.45, 7) is 1.47. The first kappa shape index (κ1) is 20.3. The highest BCUT2D eigenvalue weighted by molar-refractivity contribution is 7.90. The molecule has 0 aliphatic heterocycles. The maximum atomic E-state index is 13.6. The maximum Gasteiger partial charge on any atom is 0.417 e. The molecule has 2 aromatic heterocycles. The molecule has 0 amide bonds. The predicted octanol–water partition coefficient (Wildman–Crippen LogP) is 5.19. The van der Waals surface area contributed by atoms with Crippen molar-refractivity contribution in [3.05, 3.63) is 65.1 Å². The molecule has 3 rings (SSSR count). The Hall–Kier alpha value is -2.45. The Labute approximate surface area is 165 Å². The van der Waals surface area contributed by atoms with Gasteiger partial charge in [0.05, 0.1) is 21.2 Å². The van der Waals surface area contributed by atoms with E-state index in [1.807, 2.05) is 0 Å². The third-order valence-corrected chi connectivity index (χ3v) is 5.38. The van der Waals surface area contributed by atoms with E-state index in [1.54, 1.807) is 0 Å². The fraction of sp³-hybridized carbons (Fsp3) is 0.158. The Kier molecular flexibility index (Phi) is 5.20. The highest BCUT2D eigenvalue weighted by Crippen LogP contribution is 2.40. The molecule has 0 bridgehead atoms. The first-order valence-electron chi connectivity index (χ1n) is 7.97. The quantitative estimate of drug-likeness (QED) is 0.578. The zero-order chi connectivity index (χ0) is 20.7. The molecule has 28 heavy (non-hydrogen) atoms. The molecular weight excluding hydrogens is 413 g/mol. The molecule has 0 saturated carbocycles. The normalized spacial score (nSPS) is 12.2. The van der Waals surface area contributed by atoms with Crippen molar-refractivity contribution in [1.29, 1.82) is 0 Å². The van der Waals surface area contributed by atoms with Gasteiger partial charge in [0.15, 0.2) is 9.84 Å². The van der Waals surface area contributed by atoms with Crippen LogP contribution in [0.1, 0.15) is 11.3 Å². The van der Waals surface area contributed by atoms with Gasteiger partial charge in [0.1, 0.15) is 0 Å². The van der Waals surface area contributed by atoms with Crippen LogP contribution in [0.25, 0.3) is 22.4 Å². The molecule has 0 saturated heterocycles. The zero-order valence-electron chi connectivity index (χ0n) is 14.7. The van der Waals surface area contributed by atoms with Crippen molar-refractivity contribution < 1.29 is 21.6 Å². The Morgan fingerprint density at radius 2 is 1.61 bits per heavy atom. The summed E-state index contributed by atoms with van der Waals surface area (Å²) in [4.78, 5) is 8.19. The van der Waals surface area contributed by atoms with Crippen molar-refractivity contribution in [3.8, 4) is 22.4 Å². The fourth-order valence-electron chi connectivity index (χ4n) is 2.74. The number of halogens is 4. The van der Waals surface area contributed by atoms with Crippen molar-refractivity contribution >= 4 is 21.4 Å². The van der Waals surface area contributed by atoms with Crippen LogP contribution in [-0.4, -0.2) is 24.6 Å². The summed E-state index contributed by atoms with van der Waals surface area (Å²) in [7, 11) is -3.40. The lowest BCUT2D eigenvalue weighted by atomic mass is 9.97. The van der Waals surface area contributed by atoms with E-state index in [0.29, 0.717) is 11.1 Å². The third-order valence-electron chi connectivity index (χ3n) is 4.05. The van der Waals surface area contributed by atoms with Crippen LogP contribution < -0.4 is 0 Å². The summed E-state index contributed by atoms with van der Waals surface area (Å²) in [6, 6.07) is 8.21. The Morgan fingerprint density at radius 1 is 0.964 bits per heavy atom. The lowest BCUT2D eigenvalue weighted by Gasteiger charge is -2.16. The van der Waals surface area contributed by atoms with Crippen molar-refractivity contribution in [1.82, 2.24) is 9.97 Å². The number of benzene rings is 1. The molecule has 1 aromatic carbocycles. The average molecular weight is 427 g/mol. The number of hydrogen-bond acceptors (Lipinski definition) is 4. The van der Waals surface area contributed by atoms with Crippen molar-refractivity contribution in [2.45, 2.75) is 18.0 Å². The number of hydrogen-bond donors (Lipinski definition) is 0. The molecule has 0 radical (unpaired) electrons. The second-order valence-corrected chi connectivity index (χ2v) is 8.67. The van der Waals surface area contributed by atoms with Crippen molar-refractivity contribution in [2.75, 3.05) is 6.26 Å². The largest absolute Gasteiger partial charge is 0.417 e. The lowest BCUT2D eigenvalue weighted by Crippen LogP contribution is -2.09. The fourth-order valence-corrected chi connectivity index (χ4v) is 3.53. The van der Waals surface area contributed by atoms with Gasteiger partial charge in [-0.25, -0.2) is 8.42 Å². The van der Waals surface area contributed by atoms with Crippen LogP contribution in [0.5, 0.6) is 0 Å². The Morgan fingerprint density at radius 3 is 2.18 bits per heavy atom. The van der Waals surface area contributed by atoms with E-state index in [2.05, 4.69) is 9.97 Å². The summed E-state index contributed by atoms with van der Waals surface area (Å²) >= 11 is 6.02. The SMILES string of the molecule is Cc1cc(C(F)(F)F)c(-c2ncc(Cl)cc2-c2ccc(S(C)(=O)=O)cc2)cn1. The van der Waals surface area contributed by atoms with E-state index in [4.69, 9.17) is 11.6 Å². The molecule has 0 fully saturated rings. The number of alkyl halides is 3. The van der Waals surface area contributed by atoms with E-state index in [9.17, 15) is 21.6 Å². The van der Waals surface area contributed by atoms with E-state index < -0.39 is 21.6 Å². The number of sulfone groups is 1. The molecule has 0 aliphatic rings. The van der Waals surface area contributed by atoms with Crippen LogP contribution in [0.4, 0.5) is 13.2 Å². The lowest BCUT2D eigenvalue weighted by molar-refractivity contribution is -0.137. The molecular formula is C19H14ClF3N2O2S. The number of rotatable bonds is 3. The molecule has 0 unspecified atom stereocenters. The summed E-state index contributed by atoms with van der Waals surface area (Å²) < 4.78 is 64.0. The number of aryl methyl sites for hydroxylation is 1.